The first-order valence-electron chi connectivity index (χ1n) is 25.0. The van der Waals surface area contributed by atoms with Crippen LogP contribution in [0.5, 0.6) is 23.0 Å². The zero-order chi connectivity index (χ0) is 55.9. The predicted octanol–water partition coefficient (Wildman–Crippen LogP) is 12.8. The summed E-state index contributed by atoms with van der Waals surface area (Å²) < 4.78 is 43.8. The van der Waals surface area contributed by atoms with E-state index < -0.39 is 23.9 Å². The second-order valence-electron chi connectivity index (χ2n) is 18.5. The number of carbonyl (C=O) groups excluding carboxylic acids is 4. The molecule has 11 rings (SSSR count). The van der Waals surface area contributed by atoms with E-state index in [1.807, 2.05) is 121 Å². The minimum Gasteiger partial charge on any atom is -0.497 e. The molecule has 2 N–H and O–H groups in total. The molecule has 0 unspecified atom stereocenters. The first-order chi connectivity index (χ1) is 38.9. The standard InChI is InChI=1S/C64H50N4O12/c1-73-37-17-9-33(10-18-37)53-49-25-26-50(65-49)54(34-11-19-38(74-2)20-12-34)59-43-31-47(63(71)79-7)48(64(72)80-8)32-44(43)60(68-59)56(36-15-23-40(76-4)24-16-36)52-28-27-51(66-52)55(35-13-21-39(75-3)22-14-35)58-42-30-46(62(70)78-6)45(61(69)77-5)29-41(42)57(53)67-58/h9-32,65-66H,1-8H3. The molecule has 8 bridgehead atoms. The van der Waals surface area contributed by atoms with Crippen molar-refractivity contribution < 1.29 is 57.1 Å². The van der Waals surface area contributed by atoms with Gasteiger partial charge in [-0.2, -0.15) is 0 Å². The van der Waals surface area contributed by atoms with Crippen molar-refractivity contribution in [3.63, 3.8) is 0 Å². The lowest BCUT2D eigenvalue weighted by molar-refractivity contribution is 0.0555. The Morgan fingerprint density at radius 1 is 0.300 bits per heavy atom. The zero-order valence-corrected chi connectivity index (χ0v) is 44.6. The molecule has 0 aliphatic carbocycles. The molecule has 80 heavy (non-hydrogen) atoms. The van der Waals surface area contributed by atoms with E-state index in [4.69, 9.17) is 47.9 Å². The third kappa shape index (κ3) is 8.87. The highest BCUT2D eigenvalue weighted by atomic mass is 16.5. The van der Waals surface area contributed by atoms with E-state index in [-0.39, 0.29) is 22.3 Å². The average molecular weight is 1070 g/mol. The van der Waals surface area contributed by atoms with Crippen LogP contribution >= 0.6 is 0 Å². The van der Waals surface area contributed by atoms with E-state index in [9.17, 15) is 19.2 Å². The smallest absolute Gasteiger partial charge is 0.338 e. The van der Waals surface area contributed by atoms with E-state index in [0.29, 0.717) is 135 Å². The van der Waals surface area contributed by atoms with Crippen LogP contribution in [-0.4, -0.2) is 101 Å². The molecule has 16 heteroatoms. The number of H-pyrrole nitrogens is 2. The third-order valence-corrected chi connectivity index (χ3v) is 14.3. The lowest BCUT2D eigenvalue weighted by Gasteiger charge is -2.13. The molecule has 2 aliphatic rings. The van der Waals surface area contributed by atoms with Crippen molar-refractivity contribution in [2.45, 2.75) is 0 Å². The first kappa shape index (κ1) is 51.6. The van der Waals surface area contributed by atoms with Crippen LogP contribution in [0.4, 0.5) is 0 Å². The fourth-order valence-electron chi connectivity index (χ4n) is 10.4. The van der Waals surface area contributed by atoms with E-state index in [2.05, 4.69) is 9.97 Å². The minimum atomic E-state index is -0.760. The summed E-state index contributed by atoms with van der Waals surface area (Å²) in [6.07, 6.45) is 0. The van der Waals surface area contributed by atoms with Crippen LogP contribution in [0.2, 0.25) is 0 Å². The van der Waals surface area contributed by atoms with Crippen LogP contribution in [0.25, 0.3) is 112 Å². The summed E-state index contributed by atoms with van der Waals surface area (Å²) in [5.41, 5.74) is 11.2. The molecule has 398 valence electrons. The number of carbonyl (C=O) groups is 4. The summed E-state index contributed by atoms with van der Waals surface area (Å²) in [5.74, 6) is -0.609. The molecular weight excluding hydrogens is 1020 g/mol. The molecule has 5 heterocycles. The fraction of sp³-hybridized carbons (Fsp3) is 0.125. The summed E-state index contributed by atoms with van der Waals surface area (Å²) >= 11 is 0. The van der Waals surface area contributed by atoms with Gasteiger partial charge in [0.2, 0.25) is 0 Å². The second-order valence-corrected chi connectivity index (χ2v) is 18.5. The average Bonchev–Trinajstić information content (AvgIpc) is 4.51. The van der Waals surface area contributed by atoms with Gasteiger partial charge in [-0.15, -0.1) is 0 Å². The van der Waals surface area contributed by atoms with Crippen LogP contribution in [-0.2, 0) is 18.9 Å². The first-order valence-corrected chi connectivity index (χ1v) is 25.0. The van der Waals surface area contributed by atoms with Crippen LogP contribution in [0, 0.1) is 0 Å². The normalized spacial score (nSPS) is 11.2. The van der Waals surface area contributed by atoms with Gasteiger partial charge in [-0.25, -0.2) is 29.1 Å². The minimum absolute atomic E-state index is 0.0346. The van der Waals surface area contributed by atoms with E-state index in [0.717, 1.165) is 0 Å². The van der Waals surface area contributed by atoms with Gasteiger partial charge in [0.1, 0.15) is 23.0 Å². The number of fused-ring (bicyclic) bond motifs is 14. The topological polar surface area (TPSA) is 199 Å². The molecule has 3 aromatic heterocycles. The highest BCUT2D eigenvalue weighted by molar-refractivity contribution is 6.13. The lowest BCUT2D eigenvalue weighted by atomic mass is 9.91. The molecular formula is C64H50N4O12. The van der Waals surface area contributed by atoms with E-state index in [1.54, 1.807) is 52.7 Å². The maximum absolute atomic E-state index is 13.9. The van der Waals surface area contributed by atoms with Crippen molar-refractivity contribution in [1.82, 2.24) is 19.9 Å². The predicted molar refractivity (Wildman–Crippen MR) is 303 cm³/mol. The molecule has 0 amide bonds. The summed E-state index contributed by atoms with van der Waals surface area (Å²) in [4.78, 5) is 74.2. The molecule has 0 saturated heterocycles. The molecule has 0 spiro atoms. The largest absolute Gasteiger partial charge is 0.497 e. The number of hydrogen-bond acceptors (Lipinski definition) is 14. The monoisotopic (exact) mass is 1070 g/mol. The number of aromatic amines is 2. The van der Waals surface area contributed by atoms with Crippen LogP contribution < -0.4 is 18.9 Å². The van der Waals surface area contributed by atoms with Gasteiger partial charge in [-0.3, -0.25) is 0 Å². The Morgan fingerprint density at radius 3 is 0.675 bits per heavy atom. The number of aromatic nitrogens is 4. The number of hydrogen-bond donors (Lipinski definition) is 2. The van der Waals surface area contributed by atoms with Gasteiger partial charge in [-0.05, 0) is 119 Å². The molecule has 0 saturated carbocycles. The summed E-state index contributed by atoms with van der Waals surface area (Å²) in [6, 6.07) is 44.3. The Balaban J connectivity index is 1.43. The SMILES string of the molecule is COC(=O)c1cc2c(cc1C(=O)OC)-c1nc-2c(-c2ccc(OC)cc2)c2ccc([nH]2)c(-c2ccc(OC)cc2)c2nc(c(-c3ccc(OC)cc3)c3ccc([nH]3)c1-c1ccc(OC)cc1)-c1cc(C(=O)OC)c(C(=O)OC)cc1-2. The Kier molecular flexibility index (Phi) is 13.6. The quantitative estimate of drug-likeness (QED) is 0.0865. The number of nitrogens with zero attached hydrogens (tertiary/aromatic N) is 2. The Morgan fingerprint density at radius 2 is 0.500 bits per heavy atom. The van der Waals surface area contributed by atoms with Crippen LogP contribution in [0.3, 0.4) is 0 Å². The summed E-state index contributed by atoms with van der Waals surface area (Å²) in [6.45, 7) is 0. The Labute approximate surface area is 458 Å². The van der Waals surface area contributed by atoms with Crippen molar-refractivity contribution in [1.29, 1.82) is 0 Å². The van der Waals surface area contributed by atoms with Gasteiger partial charge in [0.25, 0.3) is 0 Å². The van der Waals surface area contributed by atoms with Gasteiger partial charge in [0.15, 0.2) is 0 Å². The van der Waals surface area contributed by atoms with Crippen LogP contribution in [0.1, 0.15) is 41.4 Å². The molecule has 9 aromatic rings. The maximum atomic E-state index is 13.9. The van der Waals surface area contributed by atoms with Gasteiger partial charge in [-0.1, -0.05) is 48.5 Å². The fourth-order valence-corrected chi connectivity index (χ4v) is 10.4. The Bertz CT molecular complexity index is 3630. The molecule has 2 aliphatic heterocycles. The molecule has 0 atom stereocenters. The highest BCUT2D eigenvalue weighted by Crippen LogP contribution is 2.51. The number of benzene rings is 6. The third-order valence-electron chi connectivity index (χ3n) is 14.3. The van der Waals surface area contributed by atoms with Crippen molar-refractivity contribution in [3.8, 4) is 113 Å². The maximum Gasteiger partial charge on any atom is 0.338 e. The van der Waals surface area contributed by atoms with E-state index in [1.165, 1.54) is 28.4 Å². The lowest BCUT2D eigenvalue weighted by Crippen LogP contribution is -2.12. The number of rotatable bonds is 12. The highest BCUT2D eigenvalue weighted by Gasteiger charge is 2.33. The van der Waals surface area contributed by atoms with Crippen LogP contribution in [0.15, 0.2) is 146 Å². The van der Waals surface area contributed by atoms with E-state index >= 15 is 0 Å². The van der Waals surface area contributed by atoms with Crippen molar-refractivity contribution in [2.75, 3.05) is 56.9 Å². The van der Waals surface area contributed by atoms with Crippen molar-refractivity contribution in [3.05, 3.63) is 168 Å². The number of esters is 4. The van der Waals surface area contributed by atoms with Gasteiger partial charge in [0, 0.05) is 66.6 Å². The number of ether oxygens (including phenoxy) is 8. The number of nitrogens with one attached hydrogen (secondary N) is 2. The van der Waals surface area contributed by atoms with Crippen molar-refractivity contribution >= 4 is 45.9 Å². The molecule has 0 fully saturated rings. The van der Waals surface area contributed by atoms with Gasteiger partial charge >= 0.3 is 23.9 Å². The second kappa shape index (κ2) is 21.2. The summed E-state index contributed by atoms with van der Waals surface area (Å²) in [5, 5.41) is 0. The van der Waals surface area contributed by atoms with Crippen molar-refractivity contribution in [2.24, 2.45) is 0 Å². The number of methoxy groups -OCH3 is 8. The Hall–Kier alpha value is -10.5. The zero-order valence-electron chi connectivity index (χ0n) is 44.6. The van der Waals surface area contributed by atoms with Gasteiger partial charge in [0.05, 0.1) is 102 Å². The molecule has 6 aromatic carbocycles. The molecule has 16 nitrogen and oxygen atoms in total. The molecule has 0 radical (unpaired) electrons. The summed E-state index contributed by atoms with van der Waals surface area (Å²) in [7, 11) is 11.4. The van der Waals surface area contributed by atoms with Gasteiger partial charge < -0.3 is 47.9 Å².